The molecule has 0 bridgehead atoms. The molecule has 2 aromatic rings. The molecule has 0 aliphatic carbocycles. The van der Waals surface area contributed by atoms with Crippen molar-refractivity contribution in [2.45, 2.75) is 18.2 Å². The van der Waals surface area contributed by atoms with E-state index in [0.717, 1.165) is 31.6 Å². The van der Waals surface area contributed by atoms with Gasteiger partial charge in [-0.15, -0.1) is 0 Å². The number of benzene rings is 2. The van der Waals surface area contributed by atoms with Gasteiger partial charge in [-0.25, -0.2) is 12.8 Å². The van der Waals surface area contributed by atoms with Gasteiger partial charge >= 0.3 is 0 Å². The van der Waals surface area contributed by atoms with Gasteiger partial charge in [0, 0.05) is 38.3 Å². The number of amides is 1. The van der Waals surface area contributed by atoms with Crippen LogP contribution in [-0.4, -0.2) is 47.0 Å². The van der Waals surface area contributed by atoms with Gasteiger partial charge in [0.2, 0.25) is 0 Å². The highest BCUT2D eigenvalue weighted by molar-refractivity contribution is 7.92. The number of rotatable bonds is 7. The maximum atomic E-state index is 13.2. The molecule has 0 unspecified atom stereocenters. The molecule has 1 aliphatic rings. The molecule has 7 nitrogen and oxygen atoms in total. The van der Waals surface area contributed by atoms with Crippen LogP contribution in [0, 0.1) is 5.82 Å². The third kappa shape index (κ3) is 5.24. The first-order valence-electron chi connectivity index (χ1n) is 9.57. The molecule has 3 N–H and O–H groups in total. The number of hydrogen-bond acceptors (Lipinski definition) is 5. The lowest BCUT2D eigenvalue weighted by Gasteiger charge is -2.31. The number of nitrogens with one attached hydrogen (secondary N) is 3. The Labute approximate surface area is 170 Å². The minimum atomic E-state index is -3.94. The zero-order chi connectivity index (χ0) is 20.9. The number of piperazine rings is 1. The van der Waals surface area contributed by atoms with Crippen molar-refractivity contribution in [3.05, 3.63) is 53.8 Å². The van der Waals surface area contributed by atoms with E-state index in [2.05, 4.69) is 20.3 Å². The topological polar surface area (TPSA) is 90.5 Å². The van der Waals surface area contributed by atoms with E-state index in [9.17, 15) is 17.6 Å². The van der Waals surface area contributed by atoms with Gasteiger partial charge in [0.05, 0.1) is 16.3 Å². The average molecular weight is 421 g/mol. The zero-order valence-electron chi connectivity index (χ0n) is 16.2. The van der Waals surface area contributed by atoms with Crippen molar-refractivity contribution in [1.29, 1.82) is 0 Å². The van der Waals surface area contributed by atoms with Crippen molar-refractivity contribution in [2.75, 3.05) is 42.3 Å². The van der Waals surface area contributed by atoms with E-state index < -0.39 is 15.8 Å². The Hall–Kier alpha value is -2.65. The smallest absolute Gasteiger partial charge is 0.261 e. The average Bonchev–Trinajstić information content (AvgIpc) is 2.72. The Morgan fingerprint density at radius 3 is 2.48 bits per heavy atom. The third-order valence-electron chi connectivity index (χ3n) is 4.62. The Balaban J connectivity index is 1.95. The quantitative estimate of drug-likeness (QED) is 0.639. The second-order valence-corrected chi connectivity index (χ2v) is 8.47. The van der Waals surface area contributed by atoms with Gasteiger partial charge in [0.25, 0.3) is 15.9 Å². The summed E-state index contributed by atoms with van der Waals surface area (Å²) in [6.45, 7) is 5.48. The van der Waals surface area contributed by atoms with E-state index in [1.807, 2.05) is 6.92 Å². The second kappa shape index (κ2) is 9.23. The molecule has 0 atom stereocenters. The summed E-state index contributed by atoms with van der Waals surface area (Å²) in [6.07, 6.45) is 0.800. The zero-order valence-corrected chi connectivity index (χ0v) is 17.1. The molecule has 3 rings (SSSR count). The molecule has 29 heavy (non-hydrogen) atoms. The summed E-state index contributed by atoms with van der Waals surface area (Å²) in [7, 11) is -3.94. The van der Waals surface area contributed by atoms with Gasteiger partial charge < -0.3 is 15.5 Å². The van der Waals surface area contributed by atoms with E-state index >= 15 is 0 Å². The molecule has 9 heteroatoms. The number of anilines is 2. The summed E-state index contributed by atoms with van der Waals surface area (Å²) in [5, 5.41) is 6.05. The third-order valence-corrected chi connectivity index (χ3v) is 6.00. The molecule has 1 saturated heterocycles. The van der Waals surface area contributed by atoms with Gasteiger partial charge in [-0.3, -0.25) is 9.52 Å². The molecular formula is C20H25FN4O3S. The van der Waals surface area contributed by atoms with Gasteiger partial charge in [0.15, 0.2) is 0 Å². The van der Waals surface area contributed by atoms with Crippen LogP contribution in [-0.2, 0) is 10.0 Å². The molecule has 0 radical (unpaired) electrons. The number of sulfonamides is 1. The van der Waals surface area contributed by atoms with Crippen LogP contribution >= 0.6 is 0 Å². The molecule has 0 saturated carbocycles. The van der Waals surface area contributed by atoms with Crippen molar-refractivity contribution >= 4 is 27.3 Å². The van der Waals surface area contributed by atoms with Crippen LogP contribution in [0.15, 0.2) is 47.4 Å². The maximum Gasteiger partial charge on any atom is 0.261 e. The lowest BCUT2D eigenvalue weighted by Crippen LogP contribution is -2.43. The predicted octanol–water partition coefficient (Wildman–Crippen LogP) is 2.18. The van der Waals surface area contributed by atoms with Crippen LogP contribution in [0.4, 0.5) is 15.8 Å². The van der Waals surface area contributed by atoms with Crippen molar-refractivity contribution in [3.63, 3.8) is 0 Å². The molecule has 1 amide bonds. The molecule has 1 fully saturated rings. The Kier molecular flexibility index (Phi) is 6.71. The minimum absolute atomic E-state index is 0.0500. The summed E-state index contributed by atoms with van der Waals surface area (Å²) < 4.78 is 41.4. The van der Waals surface area contributed by atoms with Gasteiger partial charge in [-0.2, -0.15) is 0 Å². The predicted molar refractivity (Wildman–Crippen MR) is 111 cm³/mol. The van der Waals surface area contributed by atoms with Crippen molar-refractivity contribution in [3.8, 4) is 0 Å². The molecular weight excluding hydrogens is 395 g/mol. The first-order valence-corrected chi connectivity index (χ1v) is 11.1. The number of halogens is 1. The fraction of sp³-hybridized carbons (Fsp3) is 0.350. The van der Waals surface area contributed by atoms with E-state index in [1.165, 1.54) is 12.1 Å². The molecule has 1 aliphatic heterocycles. The highest BCUT2D eigenvalue weighted by Crippen LogP contribution is 2.30. The Bertz CT molecular complexity index is 958. The number of carbonyl (C=O) groups is 1. The van der Waals surface area contributed by atoms with Crippen molar-refractivity contribution in [1.82, 2.24) is 10.6 Å². The van der Waals surface area contributed by atoms with Gasteiger partial charge in [-0.1, -0.05) is 6.92 Å². The maximum absolute atomic E-state index is 13.2. The first-order chi connectivity index (χ1) is 13.9. The molecule has 1 heterocycles. The van der Waals surface area contributed by atoms with Crippen LogP contribution < -0.4 is 20.3 Å². The van der Waals surface area contributed by atoms with Crippen LogP contribution in [0.3, 0.4) is 0 Å². The van der Waals surface area contributed by atoms with Crippen molar-refractivity contribution in [2.24, 2.45) is 0 Å². The van der Waals surface area contributed by atoms with Crippen LogP contribution in [0.2, 0.25) is 0 Å². The summed E-state index contributed by atoms with van der Waals surface area (Å²) in [6, 6.07) is 9.61. The monoisotopic (exact) mass is 420 g/mol. The van der Waals surface area contributed by atoms with E-state index in [-0.39, 0.29) is 10.8 Å². The number of hydrogen-bond donors (Lipinski definition) is 3. The fourth-order valence-electron chi connectivity index (χ4n) is 3.10. The van der Waals surface area contributed by atoms with Gasteiger partial charge in [-0.05, 0) is 48.9 Å². The van der Waals surface area contributed by atoms with Gasteiger partial charge in [0.1, 0.15) is 5.82 Å². The normalized spacial score (nSPS) is 14.5. The molecule has 156 valence electrons. The second-order valence-electron chi connectivity index (χ2n) is 6.78. The largest absolute Gasteiger partial charge is 0.367 e. The van der Waals surface area contributed by atoms with Crippen LogP contribution in [0.1, 0.15) is 23.7 Å². The van der Waals surface area contributed by atoms with Crippen LogP contribution in [0.5, 0.6) is 0 Å². The summed E-state index contributed by atoms with van der Waals surface area (Å²) in [4.78, 5) is 14.4. The number of carbonyl (C=O) groups excluding carboxylic acids is 1. The molecule has 2 aromatic carbocycles. The number of nitrogens with zero attached hydrogens (tertiary/aromatic N) is 1. The Morgan fingerprint density at radius 2 is 1.83 bits per heavy atom. The summed E-state index contributed by atoms with van der Waals surface area (Å²) >= 11 is 0. The van der Waals surface area contributed by atoms with Crippen LogP contribution in [0.25, 0.3) is 0 Å². The molecule has 0 spiro atoms. The SMILES string of the molecule is CCCNC(=O)c1ccc(N2CCNCC2)c(NS(=O)(=O)c2ccc(F)cc2)c1. The Morgan fingerprint density at radius 1 is 1.14 bits per heavy atom. The standard InChI is InChI=1S/C20H25FN4O3S/c1-2-9-23-20(26)15-3-8-19(25-12-10-22-11-13-25)18(14-15)24-29(27,28)17-6-4-16(21)5-7-17/h3-8,14,22,24H,2,9-13H2,1H3,(H,23,26). The first kappa shape index (κ1) is 21.1. The fourth-order valence-corrected chi connectivity index (χ4v) is 4.16. The van der Waals surface area contributed by atoms with Crippen molar-refractivity contribution < 1.29 is 17.6 Å². The van der Waals surface area contributed by atoms with E-state index in [0.29, 0.717) is 36.6 Å². The van der Waals surface area contributed by atoms with E-state index in [4.69, 9.17) is 0 Å². The highest BCUT2D eigenvalue weighted by atomic mass is 32.2. The highest BCUT2D eigenvalue weighted by Gasteiger charge is 2.21. The minimum Gasteiger partial charge on any atom is -0.367 e. The lowest BCUT2D eigenvalue weighted by atomic mass is 10.1. The van der Waals surface area contributed by atoms with E-state index in [1.54, 1.807) is 18.2 Å². The molecule has 0 aromatic heterocycles. The lowest BCUT2D eigenvalue weighted by molar-refractivity contribution is 0.0953. The summed E-state index contributed by atoms with van der Waals surface area (Å²) in [5.41, 5.74) is 1.39. The summed E-state index contributed by atoms with van der Waals surface area (Å²) in [5.74, 6) is -0.777.